The summed E-state index contributed by atoms with van der Waals surface area (Å²) in [5, 5.41) is 0. The van der Waals surface area contributed by atoms with Crippen LogP contribution in [-0.2, 0) is 6.54 Å². The van der Waals surface area contributed by atoms with Crippen LogP contribution >= 0.6 is 12.2 Å². The fourth-order valence-corrected chi connectivity index (χ4v) is 1.70. The Morgan fingerprint density at radius 2 is 2.22 bits per heavy atom. The standard InChI is InChI=1S/C12H10FN3OS/c13-10-4-8(3-9(5-10)12(14)18)6-16-7-15-2-1-11(16)17/h1-5,7H,6H2,(H2,14,18). The highest BCUT2D eigenvalue weighted by molar-refractivity contribution is 7.80. The van der Waals surface area contributed by atoms with Gasteiger partial charge in [0.25, 0.3) is 5.56 Å². The molecule has 2 aromatic rings. The van der Waals surface area contributed by atoms with Gasteiger partial charge in [0, 0.05) is 17.8 Å². The molecule has 0 unspecified atom stereocenters. The second-order valence-corrected chi connectivity index (χ2v) is 4.20. The quantitative estimate of drug-likeness (QED) is 0.841. The van der Waals surface area contributed by atoms with Gasteiger partial charge in [-0.05, 0) is 23.8 Å². The molecule has 0 aliphatic rings. The third-order valence-electron chi connectivity index (χ3n) is 2.39. The van der Waals surface area contributed by atoms with E-state index < -0.39 is 5.82 Å². The van der Waals surface area contributed by atoms with Crippen molar-refractivity contribution >= 4 is 17.2 Å². The summed E-state index contributed by atoms with van der Waals surface area (Å²) in [7, 11) is 0. The predicted octanol–water partition coefficient (Wildman–Crippen LogP) is 1.06. The zero-order valence-corrected chi connectivity index (χ0v) is 10.2. The normalized spacial score (nSPS) is 10.3. The Kier molecular flexibility index (Phi) is 3.47. The lowest BCUT2D eigenvalue weighted by Crippen LogP contribution is -2.19. The number of hydrogen-bond donors (Lipinski definition) is 1. The van der Waals surface area contributed by atoms with Gasteiger partial charge in [-0.3, -0.25) is 9.36 Å². The van der Waals surface area contributed by atoms with Gasteiger partial charge in [0.15, 0.2) is 0 Å². The first-order chi connectivity index (χ1) is 8.56. The Balaban J connectivity index is 2.38. The molecule has 1 aromatic heterocycles. The van der Waals surface area contributed by atoms with Crippen LogP contribution in [0.5, 0.6) is 0 Å². The number of nitrogens with zero attached hydrogens (tertiary/aromatic N) is 2. The van der Waals surface area contributed by atoms with Crippen LogP contribution in [0.1, 0.15) is 11.1 Å². The summed E-state index contributed by atoms with van der Waals surface area (Å²) in [6.07, 6.45) is 2.80. The molecule has 1 aromatic carbocycles. The highest BCUT2D eigenvalue weighted by atomic mass is 32.1. The number of aromatic nitrogens is 2. The van der Waals surface area contributed by atoms with Crippen LogP contribution in [0.3, 0.4) is 0 Å². The molecular formula is C12H10FN3OS. The van der Waals surface area contributed by atoms with E-state index in [0.29, 0.717) is 11.1 Å². The molecular weight excluding hydrogens is 253 g/mol. The smallest absolute Gasteiger partial charge is 0.253 e. The number of hydrogen-bond acceptors (Lipinski definition) is 3. The lowest BCUT2D eigenvalue weighted by molar-refractivity contribution is 0.622. The van der Waals surface area contributed by atoms with Crippen molar-refractivity contribution in [3.05, 3.63) is 64.1 Å². The van der Waals surface area contributed by atoms with Crippen LogP contribution in [-0.4, -0.2) is 14.5 Å². The van der Waals surface area contributed by atoms with Crippen molar-refractivity contribution < 1.29 is 4.39 Å². The number of rotatable bonds is 3. The number of benzene rings is 1. The molecule has 0 aliphatic carbocycles. The van der Waals surface area contributed by atoms with Crippen molar-refractivity contribution in [2.75, 3.05) is 0 Å². The molecule has 0 bridgehead atoms. The first kappa shape index (κ1) is 12.4. The molecule has 0 fully saturated rings. The number of nitrogens with two attached hydrogens (primary N) is 1. The van der Waals surface area contributed by atoms with E-state index in [4.69, 9.17) is 18.0 Å². The second kappa shape index (κ2) is 5.05. The Hall–Kier alpha value is -2.08. The Morgan fingerprint density at radius 3 is 2.89 bits per heavy atom. The van der Waals surface area contributed by atoms with Gasteiger partial charge in [0.2, 0.25) is 0 Å². The summed E-state index contributed by atoms with van der Waals surface area (Å²) in [6.45, 7) is 0.222. The molecule has 4 nitrogen and oxygen atoms in total. The first-order valence-electron chi connectivity index (χ1n) is 5.16. The molecule has 0 spiro atoms. The lowest BCUT2D eigenvalue weighted by atomic mass is 10.1. The molecule has 0 radical (unpaired) electrons. The Labute approximate surface area is 108 Å². The molecule has 0 atom stereocenters. The fraction of sp³-hybridized carbons (Fsp3) is 0.0833. The van der Waals surface area contributed by atoms with E-state index in [1.54, 1.807) is 6.07 Å². The molecule has 18 heavy (non-hydrogen) atoms. The number of thiocarbonyl (C=S) groups is 1. The fourth-order valence-electron chi connectivity index (χ4n) is 1.58. The molecule has 6 heteroatoms. The topological polar surface area (TPSA) is 60.9 Å². The second-order valence-electron chi connectivity index (χ2n) is 3.76. The average molecular weight is 263 g/mol. The zero-order valence-electron chi connectivity index (χ0n) is 9.34. The third-order valence-corrected chi connectivity index (χ3v) is 2.62. The van der Waals surface area contributed by atoms with Crippen molar-refractivity contribution in [3.8, 4) is 0 Å². The number of halogens is 1. The van der Waals surface area contributed by atoms with Crippen LogP contribution in [0.15, 0.2) is 41.6 Å². The minimum Gasteiger partial charge on any atom is -0.389 e. The summed E-state index contributed by atoms with van der Waals surface area (Å²) >= 11 is 4.80. The Bertz CT molecular complexity index is 654. The van der Waals surface area contributed by atoms with Crippen molar-refractivity contribution in [1.82, 2.24) is 9.55 Å². The van der Waals surface area contributed by atoms with Crippen LogP contribution in [0.4, 0.5) is 4.39 Å². The van der Waals surface area contributed by atoms with E-state index in [2.05, 4.69) is 4.98 Å². The lowest BCUT2D eigenvalue weighted by Gasteiger charge is -2.07. The summed E-state index contributed by atoms with van der Waals surface area (Å²) < 4.78 is 14.7. The van der Waals surface area contributed by atoms with Crippen molar-refractivity contribution in [2.24, 2.45) is 5.73 Å². The van der Waals surface area contributed by atoms with Gasteiger partial charge in [0.05, 0.1) is 12.9 Å². The van der Waals surface area contributed by atoms with E-state index in [9.17, 15) is 9.18 Å². The van der Waals surface area contributed by atoms with Crippen LogP contribution in [0.2, 0.25) is 0 Å². The molecule has 0 amide bonds. The molecule has 0 saturated heterocycles. The van der Waals surface area contributed by atoms with Gasteiger partial charge in [-0.15, -0.1) is 0 Å². The zero-order chi connectivity index (χ0) is 13.1. The maximum absolute atomic E-state index is 13.4. The van der Waals surface area contributed by atoms with Crippen LogP contribution in [0, 0.1) is 5.82 Å². The minimum absolute atomic E-state index is 0.120. The third kappa shape index (κ3) is 2.78. The van der Waals surface area contributed by atoms with E-state index in [1.807, 2.05) is 0 Å². The first-order valence-corrected chi connectivity index (χ1v) is 5.57. The minimum atomic E-state index is -0.438. The van der Waals surface area contributed by atoms with Gasteiger partial charge in [-0.1, -0.05) is 12.2 Å². The van der Waals surface area contributed by atoms with Crippen molar-refractivity contribution in [3.63, 3.8) is 0 Å². The molecule has 0 saturated carbocycles. The molecule has 92 valence electrons. The van der Waals surface area contributed by atoms with Gasteiger partial charge in [0.1, 0.15) is 10.8 Å². The van der Waals surface area contributed by atoms with Crippen molar-refractivity contribution in [2.45, 2.75) is 6.54 Å². The molecule has 2 rings (SSSR count). The average Bonchev–Trinajstić information content (AvgIpc) is 2.31. The van der Waals surface area contributed by atoms with E-state index in [1.165, 1.54) is 35.3 Å². The van der Waals surface area contributed by atoms with Crippen LogP contribution in [0.25, 0.3) is 0 Å². The van der Waals surface area contributed by atoms with E-state index in [0.717, 1.165) is 0 Å². The van der Waals surface area contributed by atoms with Crippen molar-refractivity contribution in [1.29, 1.82) is 0 Å². The summed E-state index contributed by atoms with van der Waals surface area (Å²) in [5.41, 5.74) is 6.30. The highest BCUT2D eigenvalue weighted by Gasteiger charge is 2.04. The predicted molar refractivity (Wildman–Crippen MR) is 69.9 cm³/mol. The summed E-state index contributed by atoms with van der Waals surface area (Å²) in [4.78, 5) is 15.5. The monoisotopic (exact) mass is 263 g/mol. The van der Waals surface area contributed by atoms with Gasteiger partial charge in [-0.2, -0.15) is 0 Å². The summed E-state index contributed by atoms with van der Waals surface area (Å²) in [5.74, 6) is -0.438. The maximum Gasteiger partial charge on any atom is 0.253 e. The highest BCUT2D eigenvalue weighted by Crippen LogP contribution is 2.10. The van der Waals surface area contributed by atoms with E-state index >= 15 is 0 Å². The maximum atomic E-state index is 13.4. The van der Waals surface area contributed by atoms with Crippen LogP contribution < -0.4 is 11.3 Å². The largest absolute Gasteiger partial charge is 0.389 e. The SMILES string of the molecule is NC(=S)c1cc(F)cc(Cn2cnccc2=O)c1. The Morgan fingerprint density at radius 1 is 1.44 bits per heavy atom. The van der Waals surface area contributed by atoms with Gasteiger partial charge >= 0.3 is 0 Å². The van der Waals surface area contributed by atoms with E-state index in [-0.39, 0.29) is 17.1 Å². The van der Waals surface area contributed by atoms with Gasteiger partial charge in [-0.25, -0.2) is 9.37 Å². The molecule has 1 heterocycles. The molecule has 0 aliphatic heterocycles. The summed E-state index contributed by atoms with van der Waals surface area (Å²) in [6, 6.07) is 5.59. The molecule has 2 N–H and O–H groups in total. The van der Waals surface area contributed by atoms with Gasteiger partial charge < -0.3 is 5.73 Å².